The molecule has 2 aliphatic heterocycles. The SMILES string of the molecule is O=C(NC[C@H]1CCCCN1)c1sccc1S(=O)(=O)N1CCc2cccc(C(F)(F)F)c2C1. The molecule has 2 aliphatic rings. The second-order valence-electron chi connectivity index (χ2n) is 8.00. The number of piperidine rings is 1. The number of sulfonamides is 1. The van der Waals surface area contributed by atoms with Crippen molar-refractivity contribution in [3.8, 4) is 0 Å². The average molecular weight is 488 g/mol. The number of halogens is 3. The first-order valence-corrected chi connectivity index (χ1v) is 12.8. The number of alkyl halides is 3. The Hall–Kier alpha value is -1.95. The molecule has 0 bridgehead atoms. The lowest BCUT2D eigenvalue weighted by Crippen LogP contribution is -2.43. The van der Waals surface area contributed by atoms with Gasteiger partial charge in [0, 0.05) is 25.7 Å². The molecule has 174 valence electrons. The molecule has 2 aromatic rings. The Morgan fingerprint density at radius 3 is 2.78 bits per heavy atom. The first-order chi connectivity index (χ1) is 15.2. The van der Waals surface area contributed by atoms with Crippen LogP contribution in [0, 0.1) is 0 Å². The van der Waals surface area contributed by atoms with E-state index in [4.69, 9.17) is 0 Å². The van der Waals surface area contributed by atoms with E-state index in [1.165, 1.54) is 17.5 Å². The van der Waals surface area contributed by atoms with E-state index in [1.807, 2.05) is 0 Å². The Kier molecular flexibility index (Phi) is 6.62. The van der Waals surface area contributed by atoms with Crippen molar-refractivity contribution in [1.29, 1.82) is 0 Å². The minimum atomic E-state index is -4.57. The van der Waals surface area contributed by atoms with E-state index in [0.717, 1.165) is 47.5 Å². The third-order valence-electron chi connectivity index (χ3n) is 5.92. The summed E-state index contributed by atoms with van der Waals surface area (Å²) in [5.74, 6) is -0.487. The Morgan fingerprint density at radius 2 is 2.06 bits per heavy atom. The van der Waals surface area contributed by atoms with Crippen molar-refractivity contribution in [3.05, 3.63) is 51.2 Å². The highest BCUT2D eigenvalue weighted by atomic mass is 32.2. The van der Waals surface area contributed by atoms with E-state index < -0.39 is 27.7 Å². The number of amides is 1. The van der Waals surface area contributed by atoms with Crippen molar-refractivity contribution in [2.24, 2.45) is 0 Å². The van der Waals surface area contributed by atoms with Gasteiger partial charge in [0.1, 0.15) is 9.77 Å². The maximum absolute atomic E-state index is 13.5. The van der Waals surface area contributed by atoms with Gasteiger partial charge in [-0.1, -0.05) is 18.6 Å². The molecule has 0 radical (unpaired) electrons. The standard InChI is InChI=1S/C21H24F3N3O3S2/c22-21(23,24)17-6-3-4-14-7-10-27(13-16(14)17)32(29,30)18-8-11-31-19(18)20(28)26-12-15-5-1-2-9-25-15/h3-4,6,8,11,15,25H,1-2,5,7,9-10,12-13H2,(H,26,28)/t15-/m1/s1. The monoisotopic (exact) mass is 487 g/mol. The zero-order valence-corrected chi connectivity index (χ0v) is 18.9. The summed E-state index contributed by atoms with van der Waals surface area (Å²) in [7, 11) is -4.14. The third-order valence-corrected chi connectivity index (χ3v) is 8.85. The van der Waals surface area contributed by atoms with Gasteiger partial charge >= 0.3 is 6.18 Å². The van der Waals surface area contributed by atoms with Crippen molar-refractivity contribution >= 4 is 27.3 Å². The van der Waals surface area contributed by atoms with E-state index in [2.05, 4.69) is 10.6 Å². The van der Waals surface area contributed by atoms with Crippen LogP contribution in [0.2, 0.25) is 0 Å². The number of fused-ring (bicyclic) bond motifs is 1. The predicted octanol–water partition coefficient (Wildman–Crippen LogP) is 3.39. The van der Waals surface area contributed by atoms with Crippen molar-refractivity contribution in [2.75, 3.05) is 19.6 Å². The fourth-order valence-electron chi connectivity index (χ4n) is 4.23. The molecule has 0 saturated carbocycles. The van der Waals surface area contributed by atoms with Crippen LogP contribution >= 0.6 is 11.3 Å². The molecule has 1 atom stereocenters. The number of nitrogens with zero attached hydrogens (tertiary/aromatic N) is 1. The van der Waals surface area contributed by atoms with E-state index in [0.29, 0.717) is 12.1 Å². The summed E-state index contributed by atoms with van der Waals surface area (Å²) in [5, 5.41) is 7.62. The fraction of sp³-hybridized carbons (Fsp3) is 0.476. The van der Waals surface area contributed by atoms with Gasteiger partial charge < -0.3 is 10.6 Å². The lowest BCUT2D eigenvalue weighted by atomic mass is 9.96. The Labute approximate surface area is 188 Å². The van der Waals surface area contributed by atoms with Crippen LogP contribution in [0.3, 0.4) is 0 Å². The van der Waals surface area contributed by atoms with Gasteiger partial charge in [-0.2, -0.15) is 17.5 Å². The summed E-state index contributed by atoms with van der Waals surface area (Å²) in [5.41, 5.74) is -0.355. The third kappa shape index (κ3) is 4.70. The molecule has 0 spiro atoms. The molecular formula is C21H24F3N3O3S2. The Morgan fingerprint density at radius 1 is 1.25 bits per heavy atom. The Balaban J connectivity index is 1.54. The number of hydrogen-bond donors (Lipinski definition) is 2. The van der Waals surface area contributed by atoms with Gasteiger partial charge in [0.15, 0.2) is 0 Å². The van der Waals surface area contributed by atoms with Crippen LogP contribution in [0.15, 0.2) is 34.5 Å². The van der Waals surface area contributed by atoms with Crippen LogP contribution in [-0.2, 0) is 29.2 Å². The van der Waals surface area contributed by atoms with E-state index in [-0.39, 0.29) is 40.9 Å². The van der Waals surface area contributed by atoms with Crippen LogP contribution in [0.1, 0.15) is 45.6 Å². The topological polar surface area (TPSA) is 78.5 Å². The quantitative estimate of drug-likeness (QED) is 0.678. The van der Waals surface area contributed by atoms with Gasteiger partial charge in [-0.25, -0.2) is 8.42 Å². The smallest absolute Gasteiger partial charge is 0.350 e. The highest BCUT2D eigenvalue weighted by Crippen LogP contribution is 2.37. The minimum absolute atomic E-state index is 0.0283. The molecule has 3 heterocycles. The van der Waals surface area contributed by atoms with Crippen molar-refractivity contribution < 1.29 is 26.4 Å². The summed E-state index contributed by atoms with van der Waals surface area (Å²) in [6.07, 6.45) is -1.30. The molecule has 32 heavy (non-hydrogen) atoms. The average Bonchev–Trinajstić information content (AvgIpc) is 3.28. The summed E-state index contributed by atoms with van der Waals surface area (Å²) in [6, 6.07) is 5.40. The fourth-order valence-corrected chi connectivity index (χ4v) is 6.95. The normalized spacial score (nSPS) is 20.0. The highest BCUT2D eigenvalue weighted by molar-refractivity contribution is 7.89. The first kappa shape index (κ1) is 23.2. The molecule has 11 heteroatoms. The van der Waals surface area contributed by atoms with Gasteiger partial charge in [-0.3, -0.25) is 4.79 Å². The molecule has 1 amide bonds. The maximum Gasteiger partial charge on any atom is 0.416 e. The summed E-state index contributed by atoms with van der Waals surface area (Å²) < 4.78 is 68.0. The number of nitrogens with one attached hydrogen (secondary N) is 2. The molecule has 2 N–H and O–H groups in total. The molecule has 1 saturated heterocycles. The second-order valence-corrected chi connectivity index (χ2v) is 10.8. The number of hydrogen-bond acceptors (Lipinski definition) is 5. The number of carbonyl (C=O) groups is 1. The van der Waals surface area contributed by atoms with E-state index in [1.54, 1.807) is 6.07 Å². The highest BCUT2D eigenvalue weighted by Gasteiger charge is 2.38. The number of rotatable bonds is 5. The molecule has 1 aromatic carbocycles. The van der Waals surface area contributed by atoms with Crippen LogP contribution in [0.4, 0.5) is 13.2 Å². The summed E-state index contributed by atoms with van der Waals surface area (Å²) in [4.78, 5) is 12.6. The molecule has 1 aromatic heterocycles. The van der Waals surface area contributed by atoms with Gasteiger partial charge in [0.2, 0.25) is 10.0 Å². The molecule has 0 aliphatic carbocycles. The Bertz CT molecular complexity index is 1090. The molecular weight excluding hydrogens is 463 g/mol. The number of thiophene rings is 1. The largest absolute Gasteiger partial charge is 0.416 e. The number of carbonyl (C=O) groups excluding carboxylic acids is 1. The molecule has 4 rings (SSSR count). The van der Waals surface area contributed by atoms with Crippen LogP contribution in [-0.4, -0.2) is 44.3 Å². The molecule has 1 fully saturated rings. The van der Waals surface area contributed by atoms with E-state index >= 15 is 0 Å². The summed E-state index contributed by atoms with van der Waals surface area (Å²) in [6.45, 7) is 0.952. The van der Waals surface area contributed by atoms with Crippen molar-refractivity contribution in [2.45, 2.75) is 49.3 Å². The predicted molar refractivity (Wildman–Crippen MR) is 115 cm³/mol. The molecule has 6 nitrogen and oxygen atoms in total. The van der Waals surface area contributed by atoms with Crippen molar-refractivity contribution in [1.82, 2.24) is 14.9 Å². The van der Waals surface area contributed by atoms with E-state index in [9.17, 15) is 26.4 Å². The second kappa shape index (κ2) is 9.12. The van der Waals surface area contributed by atoms with Gasteiger partial charge in [-0.05, 0) is 54.4 Å². The van der Waals surface area contributed by atoms with Crippen LogP contribution in [0.25, 0.3) is 0 Å². The van der Waals surface area contributed by atoms with Crippen LogP contribution in [0.5, 0.6) is 0 Å². The first-order valence-electron chi connectivity index (χ1n) is 10.4. The maximum atomic E-state index is 13.5. The molecule has 0 unspecified atom stereocenters. The van der Waals surface area contributed by atoms with Gasteiger partial charge in [0.25, 0.3) is 5.91 Å². The van der Waals surface area contributed by atoms with Crippen molar-refractivity contribution in [3.63, 3.8) is 0 Å². The zero-order valence-electron chi connectivity index (χ0n) is 17.2. The lowest BCUT2D eigenvalue weighted by molar-refractivity contribution is -0.138. The summed E-state index contributed by atoms with van der Waals surface area (Å²) >= 11 is 1.01. The van der Waals surface area contributed by atoms with Gasteiger partial charge in [0.05, 0.1) is 5.56 Å². The lowest BCUT2D eigenvalue weighted by Gasteiger charge is -2.30. The minimum Gasteiger partial charge on any atom is -0.350 e. The number of benzene rings is 1. The van der Waals surface area contributed by atoms with Crippen LogP contribution < -0.4 is 10.6 Å². The van der Waals surface area contributed by atoms with Gasteiger partial charge in [-0.15, -0.1) is 11.3 Å². The zero-order chi connectivity index (χ0) is 22.9.